The molecule has 104 valence electrons. The maximum Gasteiger partial charge on any atom is 0.429 e. The van der Waals surface area contributed by atoms with Gasteiger partial charge in [0.05, 0.1) is 17.2 Å². The van der Waals surface area contributed by atoms with E-state index in [0.717, 1.165) is 12.1 Å². The van der Waals surface area contributed by atoms with Gasteiger partial charge in [-0.25, -0.2) is 0 Å². The number of alkyl halides is 3. The molecule has 0 aromatic heterocycles. The molecule has 0 spiro atoms. The number of halogens is 3. The summed E-state index contributed by atoms with van der Waals surface area (Å²) in [6.07, 6.45) is -4.77. The maximum atomic E-state index is 13.0. The van der Waals surface area contributed by atoms with Gasteiger partial charge in [0.25, 0.3) is 5.69 Å². The Morgan fingerprint density at radius 1 is 1.53 bits per heavy atom. The Labute approximate surface area is 106 Å². The van der Waals surface area contributed by atoms with E-state index in [4.69, 9.17) is 4.74 Å². The molecule has 0 amide bonds. The van der Waals surface area contributed by atoms with E-state index < -0.39 is 23.2 Å². The summed E-state index contributed by atoms with van der Waals surface area (Å²) < 4.78 is 44.1. The smallest absolute Gasteiger partial charge is 0.429 e. The molecule has 1 aliphatic rings. The second kappa shape index (κ2) is 4.29. The Bertz CT molecular complexity index is 518. The van der Waals surface area contributed by atoms with Crippen molar-refractivity contribution in [1.29, 1.82) is 0 Å². The first kappa shape index (κ1) is 13.4. The van der Waals surface area contributed by atoms with Crippen LogP contribution < -0.4 is 10.1 Å². The van der Waals surface area contributed by atoms with Crippen molar-refractivity contribution in [2.45, 2.75) is 25.1 Å². The number of fused-ring (bicyclic) bond motifs is 1. The average molecular weight is 276 g/mol. The van der Waals surface area contributed by atoms with Crippen LogP contribution in [0.1, 0.15) is 13.3 Å². The van der Waals surface area contributed by atoms with E-state index >= 15 is 0 Å². The fourth-order valence-corrected chi connectivity index (χ4v) is 1.90. The number of non-ortho nitro benzene ring substituents is 1. The van der Waals surface area contributed by atoms with Gasteiger partial charge in [-0.2, -0.15) is 13.2 Å². The molecule has 0 aliphatic carbocycles. The van der Waals surface area contributed by atoms with Gasteiger partial charge in [-0.15, -0.1) is 0 Å². The van der Waals surface area contributed by atoms with Gasteiger partial charge < -0.3 is 10.1 Å². The first-order valence-electron chi connectivity index (χ1n) is 5.57. The van der Waals surface area contributed by atoms with Crippen molar-refractivity contribution >= 4 is 11.4 Å². The summed E-state index contributed by atoms with van der Waals surface area (Å²) in [6.45, 7) is 0.909. The molecule has 1 aliphatic heterocycles. The summed E-state index contributed by atoms with van der Waals surface area (Å²) in [5.41, 5.74) is -2.30. The first-order valence-corrected chi connectivity index (χ1v) is 5.57. The number of nitrogens with zero attached hydrogens (tertiary/aromatic N) is 1. The fourth-order valence-electron chi connectivity index (χ4n) is 1.90. The largest absolute Gasteiger partial charge is 0.474 e. The molecule has 0 saturated heterocycles. The monoisotopic (exact) mass is 276 g/mol. The summed E-state index contributed by atoms with van der Waals surface area (Å²) in [5, 5.41) is 13.1. The van der Waals surface area contributed by atoms with Gasteiger partial charge in [0.1, 0.15) is 5.75 Å². The molecule has 1 unspecified atom stereocenters. The summed E-state index contributed by atoms with van der Waals surface area (Å²) in [4.78, 5) is 9.97. The number of anilines is 1. The maximum absolute atomic E-state index is 13.0. The number of nitrogens with one attached hydrogen (secondary N) is 1. The van der Waals surface area contributed by atoms with Crippen molar-refractivity contribution in [2.24, 2.45) is 0 Å². The highest BCUT2D eigenvalue weighted by molar-refractivity contribution is 5.63. The molecule has 1 heterocycles. The summed E-state index contributed by atoms with van der Waals surface area (Å²) in [6, 6.07) is 3.45. The van der Waals surface area contributed by atoms with E-state index in [1.807, 2.05) is 0 Å². The lowest BCUT2D eigenvalue weighted by Crippen LogP contribution is -2.56. The minimum absolute atomic E-state index is 0.0315. The highest BCUT2D eigenvalue weighted by Gasteiger charge is 2.57. The highest BCUT2D eigenvalue weighted by atomic mass is 19.4. The predicted molar refractivity (Wildman–Crippen MR) is 61.3 cm³/mol. The molecule has 5 nitrogen and oxygen atoms in total. The van der Waals surface area contributed by atoms with Crippen LogP contribution >= 0.6 is 0 Å². The van der Waals surface area contributed by atoms with E-state index in [1.54, 1.807) is 0 Å². The molecule has 19 heavy (non-hydrogen) atoms. The lowest BCUT2D eigenvalue weighted by Gasteiger charge is -2.39. The van der Waals surface area contributed by atoms with Crippen LogP contribution in [0.2, 0.25) is 0 Å². The molecular formula is C11H11F3N2O3. The summed E-state index contributed by atoms with van der Waals surface area (Å²) >= 11 is 0. The van der Waals surface area contributed by atoms with E-state index in [0.29, 0.717) is 0 Å². The Kier molecular flexibility index (Phi) is 3.03. The lowest BCUT2D eigenvalue weighted by molar-refractivity contribution is -0.384. The van der Waals surface area contributed by atoms with Gasteiger partial charge in [-0.1, -0.05) is 6.92 Å². The summed E-state index contributed by atoms with van der Waals surface area (Å²) in [7, 11) is 0. The Hall–Kier alpha value is -1.99. The molecule has 0 fully saturated rings. The third-order valence-electron chi connectivity index (χ3n) is 3.13. The minimum atomic E-state index is -4.52. The van der Waals surface area contributed by atoms with Crippen LogP contribution in [0.3, 0.4) is 0 Å². The van der Waals surface area contributed by atoms with Crippen molar-refractivity contribution in [1.82, 2.24) is 0 Å². The molecular weight excluding hydrogens is 265 g/mol. The molecule has 0 bridgehead atoms. The zero-order chi connectivity index (χ0) is 14.3. The van der Waals surface area contributed by atoms with Crippen LogP contribution in [0.4, 0.5) is 24.5 Å². The third-order valence-corrected chi connectivity index (χ3v) is 3.13. The van der Waals surface area contributed by atoms with E-state index in [1.165, 1.54) is 13.0 Å². The van der Waals surface area contributed by atoms with E-state index in [9.17, 15) is 23.3 Å². The van der Waals surface area contributed by atoms with Crippen LogP contribution in [-0.4, -0.2) is 23.2 Å². The number of nitro benzene ring substituents is 1. The average Bonchev–Trinajstić information content (AvgIpc) is 2.35. The van der Waals surface area contributed by atoms with Gasteiger partial charge in [0.15, 0.2) is 0 Å². The van der Waals surface area contributed by atoms with Crippen LogP contribution in [0, 0.1) is 10.1 Å². The second-order valence-corrected chi connectivity index (χ2v) is 4.24. The molecule has 2 rings (SSSR count). The highest BCUT2D eigenvalue weighted by Crippen LogP contribution is 2.43. The molecule has 0 radical (unpaired) electrons. The predicted octanol–water partition coefficient (Wildman–Crippen LogP) is 3.11. The minimum Gasteiger partial charge on any atom is -0.474 e. The number of hydrogen-bond donors (Lipinski definition) is 1. The molecule has 1 aromatic carbocycles. The Balaban J connectivity index is 2.37. The molecule has 1 atom stereocenters. The molecule has 1 N–H and O–H groups in total. The van der Waals surface area contributed by atoms with Gasteiger partial charge in [0, 0.05) is 12.1 Å². The number of ether oxygens (including phenoxy) is 1. The Morgan fingerprint density at radius 2 is 2.21 bits per heavy atom. The van der Waals surface area contributed by atoms with Crippen LogP contribution in [0.25, 0.3) is 0 Å². The number of hydrogen-bond acceptors (Lipinski definition) is 4. The standard InChI is InChI=1S/C11H11F3N2O3/c1-2-10(11(12,13)14)6-15-8-5-7(16(17)18)3-4-9(8)19-10/h3-5,15H,2,6H2,1H3. The van der Waals surface area contributed by atoms with Gasteiger partial charge in [-0.3, -0.25) is 10.1 Å². The number of rotatable bonds is 2. The third kappa shape index (κ3) is 2.18. The molecule has 8 heteroatoms. The van der Waals surface area contributed by atoms with E-state index in [-0.39, 0.29) is 23.5 Å². The first-order chi connectivity index (χ1) is 8.79. The zero-order valence-electron chi connectivity index (χ0n) is 9.95. The normalized spacial score (nSPS) is 22.1. The van der Waals surface area contributed by atoms with E-state index in [2.05, 4.69) is 5.32 Å². The van der Waals surface area contributed by atoms with Crippen LogP contribution in [-0.2, 0) is 0 Å². The molecule has 0 saturated carbocycles. The molecule has 1 aromatic rings. The zero-order valence-corrected chi connectivity index (χ0v) is 9.95. The van der Waals surface area contributed by atoms with Crippen LogP contribution in [0.15, 0.2) is 18.2 Å². The van der Waals surface area contributed by atoms with Crippen molar-refractivity contribution in [3.05, 3.63) is 28.3 Å². The van der Waals surface area contributed by atoms with Crippen molar-refractivity contribution in [3.8, 4) is 5.75 Å². The van der Waals surface area contributed by atoms with Gasteiger partial charge in [0.2, 0.25) is 5.60 Å². The summed E-state index contributed by atoms with van der Waals surface area (Å²) in [5.74, 6) is -0.0315. The number of benzene rings is 1. The lowest BCUT2D eigenvalue weighted by atomic mass is 9.97. The van der Waals surface area contributed by atoms with Crippen LogP contribution in [0.5, 0.6) is 5.75 Å². The topological polar surface area (TPSA) is 64.4 Å². The van der Waals surface area contributed by atoms with Crippen molar-refractivity contribution < 1.29 is 22.8 Å². The second-order valence-electron chi connectivity index (χ2n) is 4.24. The van der Waals surface area contributed by atoms with Crippen molar-refractivity contribution in [3.63, 3.8) is 0 Å². The van der Waals surface area contributed by atoms with Crippen molar-refractivity contribution in [2.75, 3.05) is 11.9 Å². The van der Waals surface area contributed by atoms with Gasteiger partial charge >= 0.3 is 6.18 Å². The quantitative estimate of drug-likeness (QED) is 0.666. The SMILES string of the molecule is CCC1(C(F)(F)F)CNc2cc([N+](=O)[O-])ccc2O1. The Morgan fingerprint density at radius 3 is 2.74 bits per heavy atom. The fraction of sp³-hybridized carbons (Fsp3) is 0.455. The number of nitro groups is 1. The van der Waals surface area contributed by atoms with Gasteiger partial charge in [-0.05, 0) is 12.5 Å².